The molecule has 26 heavy (non-hydrogen) atoms. The van der Waals surface area contributed by atoms with Crippen molar-refractivity contribution < 1.29 is 14.3 Å². The summed E-state index contributed by atoms with van der Waals surface area (Å²) in [4.78, 5) is 28.6. The number of nitrogens with zero attached hydrogens (tertiary/aromatic N) is 2. The molecule has 6 heteroatoms. The van der Waals surface area contributed by atoms with Gasteiger partial charge < -0.3 is 15.0 Å². The van der Waals surface area contributed by atoms with E-state index in [2.05, 4.69) is 17.3 Å². The number of hydrogen-bond donors (Lipinski definition) is 1. The summed E-state index contributed by atoms with van der Waals surface area (Å²) in [6, 6.07) is 9.73. The van der Waals surface area contributed by atoms with Crippen LogP contribution >= 0.6 is 0 Å². The van der Waals surface area contributed by atoms with E-state index in [1.54, 1.807) is 4.90 Å². The summed E-state index contributed by atoms with van der Waals surface area (Å²) in [6.07, 6.45) is 2.56. The van der Waals surface area contributed by atoms with E-state index in [0.717, 1.165) is 18.0 Å². The molecule has 142 valence electrons. The van der Waals surface area contributed by atoms with Gasteiger partial charge in [-0.3, -0.25) is 14.5 Å². The molecule has 1 aliphatic carbocycles. The Bertz CT molecular complexity index is 618. The van der Waals surface area contributed by atoms with E-state index in [-0.39, 0.29) is 12.1 Å². The van der Waals surface area contributed by atoms with Crippen molar-refractivity contribution in [3.05, 3.63) is 35.9 Å². The van der Waals surface area contributed by atoms with Gasteiger partial charge in [-0.1, -0.05) is 30.3 Å². The van der Waals surface area contributed by atoms with Crippen LogP contribution in [0.15, 0.2) is 30.3 Å². The Labute approximate surface area is 155 Å². The number of rotatable bonds is 9. The Kier molecular flexibility index (Phi) is 6.27. The molecule has 1 saturated heterocycles. The van der Waals surface area contributed by atoms with Gasteiger partial charge in [-0.15, -0.1) is 0 Å². The summed E-state index contributed by atoms with van der Waals surface area (Å²) in [5, 5.41) is 2.91. The van der Waals surface area contributed by atoms with E-state index in [1.165, 1.54) is 12.8 Å². The maximum Gasteiger partial charge on any atom is 0.312 e. The number of nitrogens with one attached hydrogen (secondary N) is 1. The number of likely N-dealkylation sites (N-methyl/N-ethyl adjacent to an activating group) is 1. The van der Waals surface area contributed by atoms with Crippen molar-refractivity contribution in [1.29, 1.82) is 0 Å². The third-order valence-corrected chi connectivity index (χ3v) is 5.20. The smallest absolute Gasteiger partial charge is 0.312 e. The summed E-state index contributed by atoms with van der Waals surface area (Å²) in [7, 11) is 2.09. The quantitative estimate of drug-likeness (QED) is 0.675. The third-order valence-electron chi connectivity index (χ3n) is 5.20. The summed E-state index contributed by atoms with van der Waals surface area (Å²) >= 11 is 0. The molecule has 1 unspecified atom stereocenters. The fraction of sp³-hybridized carbons (Fsp3) is 0.600. The van der Waals surface area contributed by atoms with E-state index >= 15 is 0 Å². The van der Waals surface area contributed by atoms with Crippen LogP contribution in [0.2, 0.25) is 0 Å². The number of carbonyl (C=O) groups is 2. The van der Waals surface area contributed by atoms with Crippen molar-refractivity contribution in [2.75, 3.05) is 33.4 Å². The zero-order valence-electron chi connectivity index (χ0n) is 15.7. The number of carbonyl (C=O) groups excluding carboxylic acids is 2. The highest BCUT2D eigenvalue weighted by Crippen LogP contribution is 2.30. The molecule has 0 bridgehead atoms. The molecule has 0 radical (unpaired) electrons. The Morgan fingerprint density at radius 3 is 2.65 bits per heavy atom. The lowest BCUT2D eigenvalue weighted by Crippen LogP contribution is -2.64. The molecule has 6 nitrogen and oxygen atoms in total. The highest BCUT2D eigenvalue weighted by Gasteiger charge is 2.38. The van der Waals surface area contributed by atoms with E-state index < -0.39 is 11.8 Å². The van der Waals surface area contributed by atoms with Crippen molar-refractivity contribution >= 4 is 11.8 Å². The molecule has 2 aliphatic rings. The number of piperazine rings is 1. The zero-order chi connectivity index (χ0) is 18.5. The predicted octanol–water partition coefficient (Wildman–Crippen LogP) is 1.26. The lowest BCUT2D eigenvalue weighted by Gasteiger charge is -2.40. The molecule has 1 saturated carbocycles. The lowest BCUT2D eigenvalue weighted by atomic mass is 10.0. The van der Waals surface area contributed by atoms with E-state index in [0.29, 0.717) is 26.3 Å². The van der Waals surface area contributed by atoms with Crippen molar-refractivity contribution in [2.45, 2.75) is 38.4 Å². The van der Waals surface area contributed by atoms with Crippen molar-refractivity contribution in [2.24, 2.45) is 5.92 Å². The van der Waals surface area contributed by atoms with Crippen LogP contribution in [0, 0.1) is 5.92 Å². The monoisotopic (exact) mass is 359 g/mol. The van der Waals surface area contributed by atoms with Crippen LogP contribution in [0.5, 0.6) is 0 Å². The average Bonchev–Trinajstić information content (AvgIpc) is 3.44. The van der Waals surface area contributed by atoms with Crippen molar-refractivity contribution in [3.8, 4) is 0 Å². The first-order valence-electron chi connectivity index (χ1n) is 9.50. The van der Waals surface area contributed by atoms with Crippen LogP contribution in [0.25, 0.3) is 0 Å². The SMILES string of the molecule is CCOCC([C@@H]1CN(Cc2ccccc2)C(=O)C(=O)N1)N(C)CC1CC1. The molecule has 3 rings (SSSR count). The highest BCUT2D eigenvalue weighted by atomic mass is 16.5. The molecule has 1 heterocycles. The molecule has 2 amide bonds. The predicted molar refractivity (Wildman–Crippen MR) is 99.4 cm³/mol. The Balaban J connectivity index is 1.70. The van der Waals surface area contributed by atoms with Gasteiger partial charge in [0.2, 0.25) is 0 Å². The molecule has 1 aromatic carbocycles. The molecule has 2 atom stereocenters. The van der Waals surface area contributed by atoms with Crippen LogP contribution in [0.3, 0.4) is 0 Å². The number of ether oxygens (including phenoxy) is 1. The minimum Gasteiger partial charge on any atom is -0.380 e. The zero-order valence-corrected chi connectivity index (χ0v) is 15.7. The highest BCUT2D eigenvalue weighted by molar-refractivity contribution is 6.35. The molecule has 1 aromatic rings. The van der Waals surface area contributed by atoms with Gasteiger partial charge in [-0.25, -0.2) is 0 Å². The fourth-order valence-corrected chi connectivity index (χ4v) is 3.53. The fourth-order valence-electron chi connectivity index (χ4n) is 3.53. The lowest BCUT2D eigenvalue weighted by molar-refractivity contribution is -0.151. The minimum atomic E-state index is -0.515. The standard InChI is InChI=1S/C20H29N3O3/c1-3-26-14-18(22(2)11-16-9-10-16)17-13-23(20(25)19(24)21-17)12-15-7-5-4-6-8-15/h4-8,16-18H,3,9-14H2,1-2H3,(H,21,24)/t17-,18?/m0/s1. The second-order valence-electron chi connectivity index (χ2n) is 7.36. The van der Waals surface area contributed by atoms with Gasteiger partial charge in [0.25, 0.3) is 0 Å². The molecule has 1 aliphatic heterocycles. The van der Waals surface area contributed by atoms with E-state index in [1.807, 2.05) is 37.3 Å². The van der Waals surface area contributed by atoms with Gasteiger partial charge in [-0.2, -0.15) is 0 Å². The summed E-state index contributed by atoms with van der Waals surface area (Å²) in [5.74, 6) is -0.214. The topological polar surface area (TPSA) is 61.9 Å². The van der Waals surface area contributed by atoms with E-state index in [9.17, 15) is 9.59 Å². The second-order valence-corrected chi connectivity index (χ2v) is 7.36. The number of amides is 2. The number of hydrogen-bond acceptors (Lipinski definition) is 4. The Morgan fingerprint density at radius 2 is 2.00 bits per heavy atom. The average molecular weight is 359 g/mol. The maximum absolute atomic E-state index is 12.3. The summed E-state index contributed by atoms with van der Waals surface area (Å²) in [6.45, 7) is 5.14. The third kappa shape index (κ3) is 4.83. The Morgan fingerprint density at radius 1 is 1.27 bits per heavy atom. The van der Waals surface area contributed by atoms with Gasteiger partial charge in [-0.05, 0) is 38.3 Å². The number of benzene rings is 1. The molecule has 0 aromatic heterocycles. The van der Waals surface area contributed by atoms with Gasteiger partial charge in [0.15, 0.2) is 0 Å². The van der Waals surface area contributed by atoms with Crippen LogP contribution in [-0.4, -0.2) is 67.0 Å². The van der Waals surface area contributed by atoms with Gasteiger partial charge in [0, 0.05) is 26.2 Å². The van der Waals surface area contributed by atoms with Crippen LogP contribution in [0.1, 0.15) is 25.3 Å². The van der Waals surface area contributed by atoms with Crippen molar-refractivity contribution in [1.82, 2.24) is 15.1 Å². The van der Waals surface area contributed by atoms with Gasteiger partial charge in [0.05, 0.1) is 18.7 Å². The Hall–Kier alpha value is -1.92. The summed E-state index contributed by atoms with van der Waals surface area (Å²) in [5.41, 5.74) is 1.03. The first kappa shape index (κ1) is 18.9. The van der Waals surface area contributed by atoms with Crippen LogP contribution < -0.4 is 5.32 Å². The molecule has 2 fully saturated rings. The second kappa shape index (κ2) is 8.64. The summed E-state index contributed by atoms with van der Waals surface area (Å²) < 4.78 is 5.69. The van der Waals surface area contributed by atoms with Gasteiger partial charge in [0.1, 0.15) is 0 Å². The molecular formula is C20H29N3O3. The van der Waals surface area contributed by atoms with Gasteiger partial charge >= 0.3 is 11.8 Å². The molecule has 0 spiro atoms. The first-order chi connectivity index (χ1) is 12.6. The minimum absolute atomic E-state index is 0.0610. The normalized spacial score (nSPS) is 21.8. The van der Waals surface area contributed by atoms with E-state index in [4.69, 9.17) is 4.74 Å². The largest absolute Gasteiger partial charge is 0.380 e. The maximum atomic E-state index is 12.3. The molecular weight excluding hydrogens is 330 g/mol. The van der Waals surface area contributed by atoms with Crippen LogP contribution in [-0.2, 0) is 20.9 Å². The molecule has 1 N–H and O–H groups in total. The van der Waals surface area contributed by atoms with Crippen molar-refractivity contribution in [3.63, 3.8) is 0 Å². The van der Waals surface area contributed by atoms with Crippen LogP contribution in [0.4, 0.5) is 0 Å². The first-order valence-corrected chi connectivity index (χ1v) is 9.50.